The SMILES string of the molecule is CC1CC(CN2CCN(C)CC2)=Cc2[nH]c(-c3cc(-c4cccc(O)c4)n[nH]c3=O)cc21. The molecule has 7 heteroatoms. The van der Waals surface area contributed by atoms with E-state index in [-0.39, 0.29) is 11.3 Å². The third-order valence-electron chi connectivity index (χ3n) is 6.59. The molecule has 0 bridgehead atoms. The number of phenolic OH excluding ortho intramolecular Hbond substituents is 1. The molecule has 32 heavy (non-hydrogen) atoms. The number of nitrogens with one attached hydrogen (secondary N) is 2. The first-order valence-corrected chi connectivity index (χ1v) is 11.2. The third-order valence-corrected chi connectivity index (χ3v) is 6.59. The maximum absolute atomic E-state index is 12.6. The van der Waals surface area contributed by atoms with Crippen molar-refractivity contribution >= 4 is 6.08 Å². The Morgan fingerprint density at radius 1 is 1.16 bits per heavy atom. The van der Waals surface area contributed by atoms with Gasteiger partial charge in [-0.25, -0.2) is 5.10 Å². The Morgan fingerprint density at radius 2 is 1.97 bits per heavy atom. The molecule has 1 atom stereocenters. The zero-order chi connectivity index (χ0) is 22.2. The van der Waals surface area contributed by atoms with Gasteiger partial charge in [0, 0.05) is 44.0 Å². The van der Waals surface area contributed by atoms with Gasteiger partial charge in [0.2, 0.25) is 0 Å². The molecule has 7 nitrogen and oxygen atoms in total. The van der Waals surface area contributed by atoms with Gasteiger partial charge in [-0.3, -0.25) is 9.69 Å². The first kappa shape index (κ1) is 20.7. The number of benzene rings is 1. The van der Waals surface area contributed by atoms with Crippen LogP contribution in [0.1, 0.15) is 30.5 Å². The van der Waals surface area contributed by atoms with Crippen molar-refractivity contribution in [2.75, 3.05) is 39.8 Å². The van der Waals surface area contributed by atoms with Crippen LogP contribution in [0.4, 0.5) is 0 Å². The van der Waals surface area contributed by atoms with E-state index in [1.807, 2.05) is 6.07 Å². The summed E-state index contributed by atoms with van der Waals surface area (Å²) in [6.45, 7) is 7.70. The molecule has 166 valence electrons. The lowest BCUT2D eigenvalue weighted by atomic mass is 9.87. The van der Waals surface area contributed by atoms with Crippen LogP contribution in [0, 0.1) is 0 Å². The molecule has 2 aliphatic rings. The van der Waals surface area contributed by atoms with Gasteiger partial charge in [0.25, 0.3) is 5.56 Å². The van der Waals surface area contributed by atoms with Crippen molar-refractivity contribution in [3.05, 3.63) is 63.6 Å². The number of fused-ring (bicyclic) bond motifs is 1. The number of likely N-dealkylation sites (N-methyl/N-ethyl adjacent to an activating group) is 1. The Bertz CT molecular complexity index is 1220. The number of phenols is 1. The Kier molecular flexibility index (Phi) is 5.45. The molecule has 1 saturated heterocycles. The summed E-state index contributed by atoms with van der Waals surface area (Å²) in [5, 5.41) is 16.6. The van der Waals surface area contributed by atoms with Gasteiger partial charge in [0.15, 0.2) is 0 Å². The monoisotopic (exact) mass is 431 g/mol. The highest BCUT2D eigenvalue weighted by Gasteiger charge is 2.23. The van der Waals surface area contributed by atoms with Crippen LogP contribution in [-0.2, 0) is 0 Å². The number of aromatic hydroxyl groups is 1. The summed E-state index contributed by atoms with van der Waals surface area (Å²) in [6.07, 6.45) is 3.31. The quantitative estimate of drug-likeness (QED) is 0.590. The number of nitrogens with zero attached hydrogens (tertiary/aromatic N) is 3. The van der Waals surface area contributed by atoms with Gasteiger partial charge in [-0.15, -0.1) is 0 Å². The summed E-state index contributed by atoms with van der Waals surface area (Å²) in [7, 11) is 2.18. The number of aromatic nitrogens is 3. The smallest absolute Gasteiger partial charge is 0.273 e. The number of aromatic amines is 2. The molecule has 3 heterocycles. The lowest BCUT2D eigenvalue weighted by Crippen LogP contribution is -2.45. The summed E-state index contributed by atoms with van der Waals surface area (Å²) in [6, 6.07) is 10.8. The Balaban J connectivity index is 1.44. The van der Waals surface area contributed by atoms with Gasteiger partial charge in [-0.2, -0.15) is 5.10 Å². The van der Waals surface area contributed by atoms with E-state index < -0.39 is 0 Å². The van der Waals surface area contributed by atoms with Gasteiger partial charge < -0.3 is 15.0 Å². The summed E-state index contributed by atoms with van der Waals surface area (Å²) in [5.41, 5.74) is 6.26. The topological polar surface area (TPSA) is 88.2 Å². The Hall–Kier alpha value is -3.16. The first-order valence-electron chi connectivity index (χ1n) is 11.2. The minimum Gasteiger partial charge on any atom is -0.508 e. The summed E-state index contributed by atoms with van der Waals surface area (Å²) in [4.78, 5) is 21.0. The van der Waals surface area contributed by atoms with Crippen molar-refractivity contribution in [3.8, 4) is 28.3 Å². The second kappa shape index (κ2) is 8.41. The number of rotatable bonds is 4. The zero-order valence-electron chi connectivity index (χ0n) is 18.6. The second-order valence-electron chi connectivity index (χ2n) is 9.09. The largest absolute Gasteiger partial charge is 0.508 e. The fourth-order valence-electron chi connectivity index (χ4n) is 4.75. The number of hydrogen-bond donors (Lipinski definition) is 3. The van der Waals surface area contributed by atoms with E-state index in [9.17, 15) is 9.90 Å². The molecule has 1 aromatic carbocycles. The van der Waals surface area contributed by atoms with Gasteiger partial charge >= 0.3 is 0 Å². The molecule has 0 saturated carbocycles. The lowest BCUT2D eigenvalue weighted by Gasteiger charge is -2.34. The lowest BCUT2D eigenvalue weighted by molar-refractivity contribution is 0.163. The van der Waals surface area contributed by atoms with Crippen LogP contribution in [0.3, 0.4) is 0 Å². The second-order valence-corrected chi connectivity index (χ2v) is 9.09. The molecule has 3 aromatic rings. The van der Waals surface area contributed by atoms with E-state index in [0.717, 1.165) is 56.1 Å². The highest BCUT2D eigenvalue weighted by atomic mass is 16.3. The minimum absolute atomic E-state index is 0.166. The standard InChI is InChI=1S/C25H29N5O2/c1-16-10-17(15-30-8-6-29(2)7-9-30)11-23-20(16)13-24(26-23)21-14-22(27-28-25(21)32)18-4-3-5-19(31)12-18/h3-5,11-14,16,26,31H,6-10,15H2,1-2H3,(H,28,32). The van der Waals surface area contributed by atoms with E-state index in [1.54, 1.807) is 24.3 Å². The van der Waals surface area contributed by atoms with E-state index in [0.29, 0.717) is 17.2 Å². The molecule has 5 rings (SSSR count). The molecular formula is C25H29N5O2. The molecule has 0 spiro atoms. The van der Waals surface area contributed by atoms with Gasteiger partial charge in [-0.05, 0) is 55.3 Å². The fraction of sp³-hybridized carbons (Fsp3) is 0.360. The van der Waals surface area contributed by atoms with Crippen LogP contribution in [0.15, 0.2) is 46.8 Å². The average Bonchev–Trinajstić information content (AvgIpc) is 3.20. The highest BCUT2D eigenvalue weighted by molar-refractivity contribution is 5.71. The molecule has 2 aromatic heterocycles. The predicted octanol–water partition coefficient (Wildman–Crippen LogP) is 3.28. The molecule has 1 fully saturated rings. The number of H-pyrrole nitrogens is 2. The van der Waals surface area contributed by atoms with E-state index >= 15 is 0 Å². The van der Waals surface area contributed by atoms with Crippen LogP contribution < -0.4 is 5.56 Å². The number of piperazine rings is 1. The molecule has 3 N–H and O–H groups in total. The van der Waals surface area contributed by atoms with Gasteiger partial charge in [0.05, 0.1) is 17.0 Å². The minimum atomic E-state index is -0.234. The van der Waals surface area contributed by atoms with E-state index in [1.165, 1.54) is 11.1 Å². The summed E-state index contributed by atoms with van der Waals surface area (Å²) >= 11 is 0. The maximum atomic E-state index is 12.6. The fourth-order valence-corrected chi connectivity index (χ4v) is 4.75. The van der Waals surface area contributed by atoms with Crippen molar-refractivity contribution < 1.29 is 5.11 Å². The van der Waals surface area contributed by atoms with Gasteiger partial charge in [-0.1, -0.05) is 24.6 Å². The van der Waals surface area contributed by atoms with Crippen molar-refractivity contribution in [1.82, 2.24) is 25.0 Å². The van der Waals surface area contributed by atoms with E-state index in [2.05, 4.69) is 51.1 Å². The average molecular weight is 432 g/mol. The molecule has 0 amide bonds. The normalized spacial score (nSPS) is 19.6. The maximum Gasteiger partial charge on any atom is 0.273 e. The van der Waals surface area contributed by atoms with E-state index in [4.69, 9.17) is 0 Å². The van der Waals surface area contributed by atoms with Crippen molar-refractivity contribution in [3.63, 3.8) is 0 Å². The highest BCUT2D eigenvalue weighted by Crippen LogP contribution is 2.36. The summed E-state index contributed by atoms with van der Waals surface area (Å²) in [5.74, 6) is 0.563. The molecular weight excluding hydrogens is 402 g/mol. The molecule has 1 aliphatic carbocycles. The summed E-state index contributed by atoms with van der Waals surface area (Å²) < 4.78 is 0. The first-order chi connectivity index (χ1) is 15.5. The van der Waals surface area contributed by atoms with Crippen LogP contribution in [0.5, 0.6) is 5.75 Å². The van der Waals surface area contributed by atoms with Crippen LogP contribution in [0.25, 0.3) is 28.6 Å². The number of hydrogen-bond acceptors (Lipinski definition) is 5. The van der Waals surface area contributed by atoms with Crippen LogP contribution in [-0.4, -0.2) is 69.9 Å². The molecule has 1 aliphatic heterocycles. The Morgan fingerprint density at radius 3 is 2.75 bits per heavy atom. The zero-order valence-corrected chi connectivity index (χ0v) is 18.6. The van der Waals surface area contributed by atoms with Crippen molar-refractivity contribution in [2.24, 2.45) is 0 Å². The van der Waals surface area contributed by atoms with Crippen LogP contribution in [0.2, 0.25) is 0 Å². The predicted molar refractivity (Wildman–Crippen MR) is 127 cm³/mol. The van der Waals surface area contributed by atoms with Gasteiger partial charge in [0.1, 0.15) is 5.75 Å². The third kappa shape index (κ3) is 4.13. The molecule has 0 radical (unpaired) electrons. The molecule has 1 unspecified atom stereocenters. The van der Waals surface area contributed by atoms with Crippen LogP contribution >= 0.6 is 0 Å². The Labute approximate surface area is 187 Å². The van der Waals surface area contributed by atoms with Crippen molar-refractivity contribution in [1.29, 1.82) is 0 Å². The van der Waals surface area contributed by atoms with Crippen molar-refractivity contribution in [2.45, 2.75) is 19.3 Å².